The summed E-state index contributed by atoms with van der Waals surface area (Å²) in [5, 5.41) is 15.3. The molecule has 0 fully saturated rings. The Hall–Kier alpha value is -7.77. The highest BCUT2D eigenvalue weighted by Crippen LogP contribution is 2.53. The summed E-state index contributed by atoms with van der Waals surface area (Å²) in [5.74, 6) is 0. The van der Waals surface area contributed by atoms with Crippen molar-refractivity contribution in [3.05, 3.63) is 230 Å². The molecule has 0 aromatic heterocycles. The lowest BCUT2D eigenvalue weighted by molar-refractivity contribution is 1.29. The van der Waals surface area contributed by atoms with Gasteiger partial charge in [0.05, 0.1) is 27.5 Å². The first-order valence-corrected chi connectivity index (χ1v) is 32.5. The van der Waals surface area contributed by atoms with Gasteiger partial charge in [-0.15, -0.1) is 0 Å². The highest BCUT2D eigenvalue weighted by atomic mass is 28.3. The van der Waals surface area contributed by atoms with Crippen molar-refractivity contribution in [3.8, 4) is 22.3 Å². The Morgan fingerprint density at radius 2 is 0.597 bits per heavy atom. The van der Waals surface area contributed by atoms with Gasteiger partial charge >= 0.3 is 0 Å². The average Bonchev–Trinajstić information content (AvgIpc) is 3.39. The molecule has 12 aromatic carbocycles. The molecule has 0 radical (unpaired) electrons. The number of rotatable bonds is 10. The molecule has 4 heteroatoms. The molecule has 0 spiro atoms. The van der Waals surface area contributed by atoms with Gasteiger partial charge < -0.3 is 9.80 Å². The highest BCUT2D eigenvalue weighted by molar-refractivity contribution is 6.89. The van der Waals surface area contributed by atoms with Crippen LogP contribution in [0.15, 0.2) is 218 Å². The summed E-state index contributed by atoms with van der Waals surface area (Å²) in [6, 6.07) is 83.1. The summed E-state index contributed by atoms with van der Waals surface area (Å²) in [6.45, 7) is 18.9. The lowest BCUT2D eigenvalue weighted by Crippen LogP contribution is -2.37. The summed E-state index contributed by atoms with van der Waals surface area (Å²) in [7, 11) is -3.15. The molecule has 12 aromatic rings. The Morgan fingerprint density at radius 3 is 0.958 bits per heavy atom. The lowest BCUT2D eigenvalue weighted by Gasteiger charge is -2.31. The molecule has 72 heavy (non-hydrogen) atoms. The average molecular weight is 961 g/mol. The molecule has 2 nitrogen and oxygen atoms in total. The van der Waals surface area contributed by atoms with Crippen LogP contribution in [0.25, 0.3) is 76.1 Å². The SMILES string of the molecule is Cc1ccc(N(c2ccc([Si](C)(C)C)cc2)c2cc(-c3cccc4ccccc34)c3ccc4c(N(c5ccc(C)cc5)c5ccc([Si](C)(C)C)cc5)cc(-c5cccc6ccccc56)c5ccc2c3c54)cc1. The van der Waals surface area contributed by atoms with Gasteiger partial charge in [-0.05, 0) is 129 Å². The van der Waals surface area contributed by atoms with Gasteiger partial charge in [0.1, 0.15) is 0 Å². The molecule has 0 aliphatic carbocycles. The number of anilines is 6. The molecule has 12 rings (SSSR count). The van der Waals surface area contributed by atoms with Crippen LogP contribution in [0.5, 0.6) is 0 Å². The van der Waals surface area contributed by atoms with Gasteiger partial charge in [0.15, 0.2) is 0 Å². The van der Waals surface area contributed by atoms with E-state index in [9.17, 15) is 0 Å². The van der Waals surface area contributed by atoms with Gasteiger partial charge in [-0.1, -0.05) is 219 Å². The largest absolute Gasteiger partial charge is 0.310 e. The van der Waals surface area contributed by atoms with Crippen LogP contribution < -0.4 is 20.2 Å². The number of hydrogen-bond acceptors (Lipinski definition) is 2. The van der Waals surface area contributed by atoms with Gasteiger partial charge in [-0.3, -0.25) is 0 Å². The van der Waals surface area contributed by atoms with E-state index in [0.717, 1.165) is 34.1 Å². The van der Waals surface area contributed by atoms with Crippen LogP contribution in [-0.4, -0.2) is 16.1 Å². The molecule has 0 saturated heterocycles. The summed E-state index contributed by atoms with van der Waals surface area (Å²) >= 11 is 0. The van der Waals surface area contributed by atoms with Crippen molar-refractivity contribution in [3.63, 3.8) is 0 Å². The van der Waals surface area contributed by atoms with Crippen LogP contribution in [0.2, 0.25) is 39.3 Å². The fourth-order valence-electron chi connectivity index (χ4n) is 11.2. The minimum Gasteiger partial charge on any atom is -0.310 e. The zero-order valence-corrected chi connectivity index (χ0v) is 44.7. The quantitative estimate of drug-likeness (QED) is 0.0995. The van der Waals surface area contributed by atoms with Crippen LogP contribution in [0.3, 0.4) is 0 Å². The molecule has 0 aliphatic rings. The van der Waals surface area contributed by atoms with Crippen molar-refractivity contribution >= 4 is 115 Å². The number of hydrogen-bond donors (Lipinski definition) is 0. The van der Waals surface area contributed by atoms with E-state index >= 15 is 0 Å². The molecule has 0 bridgehead atoms. The van der Waals surface area contributed by atoms with Gasteiger partial charge in [-0.25, -0.2) is 0 Å². The molecule has 0 atom stereocenters. The summed E-state index contributed by atoms with van der Waals surface area (Å²) in [4.78, 5) is 5.03. The highest BCUT2D eigenvalue weighted by Gasteiger charge is 2.27. The first kappa shape index (κ1) is 45.4. The van der Waals surface area contributed by atoms with Crippen molar-refractivity contribution in [2.75, 3.05) is 9.80 Å². The number of aryl methyl sites for hydroxylation is 2. The van der Waals surface area contributed by atoms with Crippen molar-refractivity contribution in [1.29, 1.82) is 0 Å². The molecular formula is C68H60N2Si2. The van der Waals surface area contributed by atoms with Gasteiger partial charge in [0.2, 0.25) is 0 Å². The third kappa shape index (κ3) is 7.87. The Morgan fingerprint density at radius 1 is 0.278 bits per heavy atom. The Bertz CT molecular complexity index is 3720. The zero-order valence-electron chi connectivity index (χ0n) is 42.7. The molecule has 0 aliphatic heterocycles. The molecule has 0 saturated carbocycles. The monoisotopic (exact) mass is 960 g/mol. The van der Waals surface area contributed by atoms with Crippen molar-refractivity contribution in [2.24, 2.45) is 0 Å². The van der Waals surface area contributed by atoms with Crippen LogP contribution >= 0.6 is 0 Å². The Kier molecular flexibility index (Phi) is 11.0. The van der Waals surface area contributed by atoms with Crippen LogP contribution in [-0.2, 0) is 0 Å². The smallest absolute Gasteiger partial charge is 0.0775 e. The van der Waals surface area contributed by atoms with Gasteiger partial charge in [0, 0.05) is 44.3 Å². The van der Waals surface area contributed by atoms with E-state index in [-0.39, 0.29) is 0 Å². The van der Waals surface area contributed by atoms with Gasteiger partial charge in [0.25, 0.3) is 0 Å². The maximum absolute atomic E-state index is 2.51. The van der Waals surface area contributed by atoms with E-state index in [1.165, 1.54) is 97.6 Å². The second-order valence-corrected chi connectivity index (χ2v) is 32.1. The normalized spacial score (nSPS) is 12.2. The van der Waals surface area contributed by atoms with E-state index in [2.05, 4.69) is 281 Å². The third-order valence-corrected chi connectivity index (χ3v) is 19.2. The minimum absolute atomic E-state index is 1.13. The molecule has 0 heterocycles. The number of benzene rings is 12. The van der Waals surface area contributed by atoms with Crippen LogP contribution in [0, 0.1) is 13.8 Å². The second kappa shape index (κ2) is 17.5. The maximum Gasteiger partial charge on any atom is 0.0775 e. The van der Waals surface area contributed by atoms with E-state index in [1.54, 1.807) is 0 Å². The summed E-state index contributed by atoms with van der Waals surface area (Å²) in [6.07, 6.45) is 0. The first-order chi connectivity index (χ1) is 34.8. The molecule has 0 amide bonds. The van der Waals surface area contributed by atoms with Gasteiger partial charge in [-0.2, -0.15) is 0 Å². The fraction of sp³-hybridized carbons (Fsp3) is 0.118. The number of fused-ring (bicyclic) bond motifs is 2. The van der Waals surface area contributed by atoms with Crippen LogP contribution in [0.1, 0.15) is 11.1 Å². The molecule has 350 valence electrons. The lowest BCUT2D eigenvalue weighted by atomic mass is 9.84. The topological polar surface area (TPSA) is 6.48 Å². The van der Waals surface area contributed by atoms with Crippen molar-refractivity contribution in [1.82, 2.24) is 0 Å². The van der Waals surface area contributed by atoms with Crippen molar-refractivity contribution in [2.45, 2.75) is 53.1 Å². The molecule has 0 unspecified atom stereocenters. The standard InChI is InChI=1S/C68H60N2Si2/c1-45-23-27-49(28-24-45)69(51-31-35-53(36-32-51)71(3,4)5)65-43-63(57-21-13-17-47-15-9-11-19-55(47)57)59-40-42-62-66(70(50-29-25-46(2)26-30-50)52-33-37-54(38-34-52)72(6,7)8)44-64(60-39-41-61(65)67(59)68(60)62)58-22-14-18-48-16-10-12-20-56(48)58/h9-44H,1-8H3. The predicted octanol–water partition coefficient (Wildman–Crippen LogP) is 18.9. The Labute approximate surface area is 426 Å². The van der Waals surface area contributed by atoms with E-state index in [1.807, 2.05) is 0 Å². The minimum atomic E-state index is -1.57. The fourth-order valence-corrected chi connectivity index (χ4v) is 13.5. The van der Waals surface area contributed by atoms with Crippen LogP contribution in [0.4, 0.5) is 34.1 Å². The Balaban J connectivity index is 1.26. The van der Waals surface area contributed by atoms with Crippen molar-refractivity contribution < 1.29 is 0 Å². The molecular weight excluding hydrogens is 901 g/mol. The second-order valence-electron chi connectivity index (χ2n) is 21.9. The third-order valence-electron chi connectivity index (χ3n) is 15.1. The van der Waals surface area contributed by atoms with E-state index in [4.69, 9.17) is 0 Å². The van der Waals surface area contributed by atoms with E-state index < -0.39 is 16.1 Å². The maximum atomic E-state index is 2.51. The summed E-state index contributed by atoms with van der Waals surface area (Å²) in [5.41, 5.74) is 14.2. The van der Waals surface area contributed by atoms with E-state index in [0.29, 0.717) is 0 Å². The number of nitrogens with zero attached hydrogens (tertiary/aromatic N) is 2. The first-order valence-electron chi connectivity index (χ1n) is 25.5. The molecule has 0 N–H and O–H groups in total. The predicted molar refractivity (Wildman–Crippen MR) is 321 cm³/mol. The zero-order chi connectivity index (χ0) is 49.5. The summed E-state index contributed by atoms with van der Waals surface area (Å²) < 4.78 is 0.